The average molecular weight is 395 g/mol. The molecule has 0 bridgehead atoms. The van der Waals surface area contributed by atoms with E-state index in [9.17, 15) is 9.59 Å². The van der Waals surface area contributed by atoms with Gasteiger partial charge in [-0.3, -0.25) is 9.59 Å². The van der Waals surface area contributed by atoms with E-state index >= 15 is 0 Å². The number of nitrogens with one attached hydrogen (secondary N) is 2. The minimum Gasteiger partial charge on any atom is -0.320 e. The standard InChI is InChI=1S/C16H8Cl2N2O2S2/c17-7-1-3-9-11(5-7)23-13(15(21)19-9)14-16(22)20-10-4-2-8(18)6-12(10)24-14/h1-6H,(H,19,21)(H,20,22). The normalized spacial score (nSPS) is 19.2. The van der Waals surface area contributed by atoms with E-state index in [1.807, 2.05) is 0 Å². The van der Waals surface area contributed by atoms with Crippen molar-refractivity contribution in [2.24, 2.45) is 0 Å². The number of fused-ring (bicyclic) bond motifs is 2. The van der Waals surface area contributed by atoms with Crippen molar-refractivity contribution in [3.05, 3.63) is 56.3 Å². The zero-order valence-electron chi connectivity index (χ0n) is 11.9. The second-order valence-electron chi connectivity index (χ2n) is 5.05. The molecule has 2 N–H and O–H groups in total. The number of halogens is 2. The van der Waals surface area contributed by atoms with Crippen LogP contribution in [0.4, 0.5) is 11.4 Å². The third-order valence-corrected chi connectivity index (χ3v) is 6.33. The number of carbonyl (C=O) groups is 2. The maximum Gasteiger partial charge on any atom is 0.263 e. The summed E-state index contributed by atoms with van der Waals surface area (Å²) in [6.07, 6.45) is 0. The molecule has 8 heteroatoms. The third kappa shape index (κ3) is 2.80. The van der Waals surface area contributed by atoms with E-state index in [0.29, 0.717) is 31.2 Å². The van der Waals surface area contributed by atoms with E-state index < -0.39 is 0 Å². The molecule has 0 radical (unpaired) electrons. The van der Waals surface area contributed by atoms with Crippen molar-refractivity contribution in [3.8, 4) is 0 Å². The minimum atomic E-state index is -0.307. The van der Waals surface area contributed by atoms with E-state index in [0.717, 1.165) is 9.79 Å². The first-order chi connectivity index (χ1) is 11.5. The van der Waals surface area contributed by atoms with Gasteiger partial charge in [0.2, 0.25) is 0 Å². The summed E-state index contributed by atoms with van der Waals surface area (Å²) >= 11 is 14.5. The number of carbonyl (C=O) groups excluding carboxylic acids is 2. The molecule has 2 aliphatic rings. The Balaban J connectivity index is 1.79. The summed E-state index contributed by atoms with van der Waals surface area (Å²) in [5.74, 6) is -0.615. The largest absolute Gasteiger partial charge is 0.320 e. The smallest absolute Gasteiger partial charge is 0.263 e. The topological polar surface area (TPSA) is 58.2 Å². The molecule has 0 aromatic heterocycles. The van der Waals surface area contributed by atoms with Crippen molar-refractivity contribution in [3.63, 3.8) is 0 Å². The predicted octanol–water partition coefficient (Wildman–Crippen LogP) is 4.99. The van der Waals surface area contributed by atoms with Gasteiger partial charge in [0, 0.05) is 19.8 Å². The number of hydrogen-bond acceptors (Lipinski definition) is 4. The van der Waals surface area contributed by atoms with Gasteiger partial charge in [0.25, 0.3) is 11.8 Å². The molecule has 4 rings (SSSR count). The molecule has 120 valence electrons. The van der Waals surface area contributed by atoms with Gasteiger partial charge in [-0.2, -0.15) is 0 Å². The fourth-order valence-electron chi connectivity index (χ4n) is 2.34. The molecule has 4 nitrogen and oxygen atoms in total. The predicted molar refractivity (Wildman–Crippen MR) is 98.9 cm³/mol. The molecule has 0 spiro atoms. The van der Waals surface area contributed by atoms with E-state index in [2.05, 4.69) is 10.6 Å². The third-order valence-electron chi connectivity index (χ3n) is 3.43. The zero-order valence-corrected chi connectivity index (χ0v) is 15.0. The Morgan fingerprint density at radius 3 is 1.54 bits per heavy atom. The van der Waals surface area contributed by atoms with Gasteiger partial charge in [0.1, 0.15) is 0 Å². The minimum absolute atomic E-state index is 0.307. The molecule has 0 saturated carbocycles. The van der Waals surface area contributed by atoms with Gasteiger partial charge in [0.15, 0.2) is 0 Å². The SMILES string of the molecule is O=C1Nc2ccc(Cl)cc2SC1=C1Sc2cc(Cl)ccc2NC1=O. The summed E-state index contributed by atoms with van der Waals surface area (Å²) in [6, 6.07) is 10.4. The molecular formula is C16H8Cl2N2O2S2. The molecule has 0 aliphatic carbocycles. The Morgan fingerprint density at radius 1 is 0.708 bits per heavy atom. The molecule has 2 aliphatic heterocycles. The van der Waals surface area contributed by atoms with Gasteiger partial charge in [-0.05, 0) is 36.4 Å². The van der Waals surface area contributed by atoms with E-state index in [1.54, 1.807) is 36.4 Å². The van der Waals surface area contributed by atoms with Gasteiger partial charge in [-0.25, -0.2) is 0 Å². The summed E-state index contributed by atoms with van der Waals surface area (Å²) in [5, 5.41) is 6.73. The highest BCUT2D eigenvalue weighted by atomic mass is 35.5. The van der Waals surface area contributed by atoms with Crippen molar-refractivity contribution in [2.75, 3.05) is 10.6 Å². The first kappa shape index (κ1) is 15.9. The van der Waals surface area contributed by atoms with Crippen LogP contribution in [0.3, 0.4) is 0 Å². The lowest BCUT2D eigenvalue weighted by Crippen LogP contribution is -2.24. The van der Waals surface area contributed by atoms with Gasteiger partial charge in [-0.1, -0.05) is 46.7 Å². The van der Waals surface area contributed by atoms with Crippen LogP contribution >= 0.6 is 46.7 Å². The lowest BCUT2D eigenvalue weighted by molar-refractivity contribution is -0.114. The first-order valence-electron chi connectivity index (χ1n) is 6.83. The van der Waals surface area contributed by atoms with Crippen molar-refractivity contribution in [1.82, 2.24) is 0 Å². The van der Waals surface area contributed by atoms with Gasteiger partial charge >= 0.3 is 0 Å². The summed E-state index contributed by atoms with van der Waals surface area (Å²) in [7, 11) is 0. The van der Waals surface area contributed by atoms with E-state index in [4.69, 9.17) is 23.2 Å². The van der Waals surface area contributed by atoms with Crippen LogP contribution in [0.1, 0.15) is 0 Å². The van der Waals surface area contributed by atoms with E-state index in [1.165, 1.54) is 23.5 Å². The first-order valence-corrected chi connectivity index (χ1v) is 9.22. The van der Waals surface area contributed by atoms with Crippen LogP contribution < -0.4 is 10.6 Å². The van der Waals surface area contributed by atoms with Gasteiger partial charge in [-0.15, -0.1) is 0 Å². The Hall–Kier alpha value is -1.60. The summed E-state index contributed by atoms with van der Waals surface area (Å²) < 4.78 is 0. The fraction of sp³-hybridized carbons (Fsp3) is 0. The highest BCUT2D eigenvalue weighted by molar-refractivity contribution is 8.08. The number of benzene rings is 2. The van der Waals surface area contributed by atoms with Crippen molar-refractivity contribution >= 4 is 69.9 Å². The van der Waals surface area contributed by atoms with Gasteiger partial charge in [0.05, 0.1) is 21.2 Å². The molecule has 0 saturated heterocycles. The Kier molecular flexibility index (Phi) is 4.00. The van der Waals surface area contributed by atoms with Gasteiger partial charge < -0.3 is 10.6 Å². The number of rotatable bonds is 0. The molecule has 2 heterocycles. The number of amides is 2. The number of hydrogen-bond donors (Lipinski definition) is 2. The molecule has 2 amide bonds. The average Bonchev–Trinajstić information content (AvgIpc) is 2.54. The molecule has 0 fully saturated rings. The Bertz CT molecular complexity index is 868. The molecular weight excluding hydrogens is 387 g/mol. The summed E-state index contributed by atoms with van der Waals surface area (Å²) in [6.45, 7) is 0. The molecule has 24 heavy (non-hydrogen) atoms. The van der Waals surface area contributed by atoms with Crippen molar-refractivity contribution in [2.45, 2.75) is 9.79 Å². The fourth-order valence-corrected chi connectivity index (χ4v) is 4.99. The maximum atomic E-state index is 12.4. The second kappa shape index (κ2) is 6.04. The molecule has 2 aromatic rings. The van der Waals surface area contributed by atoms with E-state index in [-0.39, 0.29) is 11.8 Å². The van der Waals surface area contributed by atoms with Crippen LogP contribution in [-0.2, 0) is 9.59 Å². The Morgan fingerprint density at radius 2 is 1.12 bits per heavy atom. The quantitative estimate of drug-likeness (QED) is 0.617. The summed E-state index contributed by atoms with van der Waals surface area (Å²) in [5.41, 5.74) is 1.37. The highest BCUT2D eigenvalue weighted by Gasteiger charge is 2.31. The van der Waals surface area contributed by atoms with Crippen LogP contribution in [0.25, 0.3) is 0 Å². The summed E-state index contributed by atoms with van der Waals surface area (Å²) in [4.78, 5) is 27.1. The molecule has 0 atom stereocenters. The Labute approximate surface area is 156 Å². The van der Waals surface area contributed by atoms with Crippen LogP contribution in [-0.4, -0.2) is 11.8 Å². The van der Waals surface area contributed by atoms with Crippen molar-refractivity contribution in [1.29, 1.82) is 0 Å². The molecule has 0 unspecified atom stereocenters. The molecule has 2 aromatic carbocycles. The van der Waals surface area contributed by atoms with Crippen LogP contribution in [0.2, 0.25) is 10.0 Å². The monoisotopic (exact) mass is 394 g/mol. The van der Waals surface area contributed by atoms with Crippen LogP contribution in [0.15, 0.2) is 56.0 Å². The van der Waals surface area contributed by atoms with Crippen LogP contribution in [0, 0.1) is 0 Å². The maximum absolute atomic E-state index is 12.4. The lowest BCUT2D eigenvalue weighted by atomic mass is 10.3. The lowest BCUT2D eigenvalue weighted by Gasteiger charge is -2.24. The number of anilines is 2. The highest BCUT2D eigenvalue weighted by Crippen LogP contribution is 2.47. The van der Waals surface area contributed by atoms with Crippen molar-refractivity contribution < 1.29 is 9.59 Å². The van der Waals surface area contributed by atoms with Crippen LogP contribution in [0.5, 0.6) is 0 Å². The zero-order chi connectivity index (χ0) is 16.8. The second-order valence-corrected chi connectivity index (χ2v) is 8.03. The number of thioether (sulfide) groups is 2.